The number of hydrogen-bond donors (Lipinski definition) is 1. The van der Waals surface area contributed by atoms with Gasteiger partial charge in [0.05, 0.1) is 0 Å². The summed E-state index contributed by atoms with van der Waals surface area (Å²) in [6.07, 6.45) is 4.22. The Kier molecular flexibility index (Phi) is 8.76. The van der Waals surface area contributed by atoms with Crippen molar-refractivity contribution < 1.29 is 4.74 Å². The highest BCUT2D eigenvalue weighted by molar-refractivity contribution is 5.33. The first-order chi connectivity index (χ1) is 9.77. The van der Waals surface area contributed by atoms with E-state index in [0.29, 0.717) is 0 Å². The van der Waals surface area contributed by atoms with Crippen molar-refractivity contribution in [1.82, 2.24) is 10.2 Å². The topological polar surface area (TPSA) is 24.5 Å². The maximum absolute atomic E-state index is 5.91. The summed E-state index contributed by atoms with van der Waals surface area (Å²) in [6.45, 7) is 10.5. The molecule has 1 N–H and O–H groups in total. The molecule has 0 spiro atoms. The van der Waals surface area contributed by atoms with Crippen LogP contribution in [0.1, 0.15) is 25.3 Å². The van der Waals surface area contributed by atoms with Gasteiger partial charge in [0.1, 0.15) is 12.4 Å². The highest BCUT2D eigenvalue weighted by atomic mass is 16.5. The fraction of sp³-hybridized carbons (Fsp3) is 0.529. The third-order valence-corrected chi connectivity index (χ3v) is 3.22. The molecular formula is C17H28N2O. The number of unbranched alkanes of at least 4 members (excludes halogenated alkanes) is 1. The van der Waals surface area contributed by atoms with Gasteiger partial charge in [-0.3, -0.25) is 0 Å². The Bertz CT molecular complexity index is 379. The predicted molar refractivity (Wildman–Crippen MR) is 86.2 cm³/mol. The molecule has 0 aromatic heterocycles. The Balaban J connectivity index is 2.32. The van der Waals surface area contributed by atoms with Crippen LogP contribution < -0.4 is 10.1 Å². The summed E-state index contributed by atoms with van der Waals surface area (Å²) in [4.78, 5) is 2.30. The van der Waals surface area contributed by atoms with Gasteiger partial charge in [-0.15, -0.1) is 6.58 Å². The van der Waals surface area contributed by atoms with Crippen molar-refractivity contribution in [2.45, 2.75) is 26.3 Å². The zero-order valence-electron chi connectivity index (χ0n) is 12.9. The van der Waals surface area contributed by atoms with E-state index in [1.807, 2.05) is 18.2 Å². The normalized spacial score (nSPS) is 10.8. The van der Waals surface area contributed by atoms with Crippen LogP contribution in [0.15, 0.2) is 36.9 Å². The van der Waals surface area contributed by atoms with E-state index in [1.54, 1.807) is 0 Å². The van der Waals surface area contributed by atoms with Gasteiger partial charge in [-0.1, -0.05) is 31.2 Å². The van der Waals surface area contributed by atoms with Gasteiger partial charge in [-0.05, 0) is 39.0 Å². The molecule has 112 valence electrons. The van der Waals surface area contributed by atoms with Gasteiger partial charge in [0, 0.05) is 18.7 Å². The zero-order valence-corrected chi connectivity index (χ0v) is 12.9. The Morgan fingerprint density at radius 3 is 2.85 bits per heavy atom. The quantitative estimate of drug-likeness (QED) is 0.496. The van der Waals surface area contributed by atoms with Gasteiger partial charge in [-0.25, -0.2) is 0 Å². The standard InChI is InChI=1S/C17H28N2O/c1-4-6-9-12-19(3)13-14-20-17-11-8-7-10-16(17)15-18-5-2/h4,7-8,10-11,18H,1,5-6,9,12-15H2,2-3H3. The lowest BCUT2D eigenvalue weighted by Crippen LogP contribution is -2.25. The molecule has 3 heteroatoms. The molecule has 0 bridgehead atoms. The summed E-state index contributed by atoms with van der Waals surface area (Å²) in [7, 11) is 2.14. The molecule has 0 unspecified atom stereocenters. The molecule has 0 amide bonds. The second-order valence-electron chi connectivity index (χ2n) is 4.97. The summed E-state index contributed by atoms with van der Waals surface area (Å²) in [6, 6.07) is 8.25. The second-order valence-corrected chi connectivity index (χ2v) is 4.97. The molecule has 0 saturated carbocycles. The van der Waals surface area contributed by atoms with Crippen molar-refractivity contribution >= 4 is 0 Å². The largest absolute Gasteiger partial charge is 0.492 e. The lowest BCUT2D eigenvalue weighted by atomic mass is 10.2. The number of benzene rings is 1. The number of likely N-dealkylation sites (N-methyl/N-ethyl adjacent to an activating group) is 1. The molecule has 20 heavy (non-hydrogen) atoms. The molecular weight excluding hydrogens is 248 g/mol. The third-order valence-electron chi connectivity index (χ3n) is 3.22. The molecule has 1 aromatic rings. The lowest BCUT2D eigenvalue weighted by molar-refractivity contribution is 0.234. The number of para-hydroxylation sites is 1. The molecule has 0 heterocycles. The van der Waals surface area contributed by atoms with Crippen molar-refractivity contribution in [3.05, 3.63) is 42.5 Å². The first-order valence-corrected chi connectivity index (χ1v) is 7.48. The zero-order chi connectivity index (χ0) is 14.6. The second kappa shape index (κ2) is 10.5. The maximum atomic E-state index is 5.91. The molecule has 1 aromatic carbocycles. The van der Waals surface area contributed by atoms with Crippen LogP contribution in [-0.4, -0.2) is 38.2 Å². The number of allylic oxidation sites excluding steroid dienone is 1. The highest BCUT2D eigenvalue weighted by Crippen LogP contribution is 2.17. The Morgan fingerprint density at radius 2 is 2.10 bits per heavy atom. The summed E-state index contributed by atoms with van der Waals surface area (Å²) in [5, 5.41) is 3.34. The summed E-state index contributed by atoms with van der Waals surface area (Å²) >= 11 is 0. The van der Waals surface area contributed by atoms with Crippen LogP contribution in [0, 0.1) is 0 Å². The summed E-state index contributed by atoms with van der Waals surface area (Å²) < 4.78 is 5.91. The lowest BCUT2D eigenvalue weighted by Gasteiger charge is -2.17. The molecule has 0 radical (unpaired) electrons. The van der Waals surface area contributed by atoms with E-state index < -0.39 is 0 Å². The Morgan fingerprint density at radius 1 is 1.30 bits per heavy atom. The Labute approximate surface area is 123 Å². The monoisotopic (exact) mass is 276 g/mol. The van der Waals surface area contributed by atoms with Gasteiger partial charge < -0.3 is 15.0 Å². The minimum Gasteiger partial charge on any atom is -0.492 e. The van der Waals surface area contributed by atoms with E-state index in [1.165, 1.54) is 5.56 Å². The molecule has 0 aliphatic heterocycles. The summed E-state index contributed by atoms with van der Waals surface area (Å²) in [5.74, 6) is 0.993. The van der Waals surface area contributed by atoms with Crippen LogP contribution in [0.5, 0.6) is 5.75 Å². The van der Waals surface area contributed by atoms with Gasteiger partial charge >= 0.3 is 0 Å². The van der Waals surface area contributed by atoms with Crippen LogP contribution in [0.2, 0.25) is 0 Å². The van der Waals surface area contributed by atoms with E-state index >= 15 is 0 Å². The smallest absolute Gasteiger partial charge is 0.123 e. The van der Waals surface area contributed by atoms with Crippen LogP contribution in [0.25, 0.3) is 0 Å². The molecule has 0 fully saturated rings. The number of rotatable bonds is 11. The summed E-state index contributed by atoms with van der Waals surface area (Å²) in [5.41, 5.74) is 1.23. The van der Waals surface area contributed by atoms with E-state index in [2.05, 4.69) is 42.9 Å². The fourth-order valence-electron chi connectivity index (χ4n) is 1.98. The molecule has 0 atom stereocenters. The SMILES string of the molecule is C=CCCCN(C)CCOc1ccccc1CNCC. The van der Waals surface area contributed by atoms with E-state index in [9.17, 15) is 0 Å². The molecule has 0 saturated heterocycles. The van der Waals surface area contributed by atoms with Crippen molar-refractivity contribution in [1.29, 1.82) is 0 Å². The first kappa shape index (κ1) is 16.7. The average Bonchev–Trinajstić information content (AvgIpc) is 2.46. The molecule has 1 rings (SSSR count). The van der Waals surface area contributed by atoms with Crippen LogP contribution >= 0.6 is 0 Å². The number of ether oxygens (including phenoxy) is 1. The van der Waals surface area contributed by atoms with Gasteiger partial charge in [0.2, 0.25) is 0 Å². The van der Waals surface area contributed by atoms with Crippen molar-refractivity contribution in [3.63, 3.8) is 0 Å². The molecule has 3 nitrogen and oxygen atoms in total. The molecule has 0 aliphatic rings. The number of nitrogens with zero attached hydrogens (tertiary/aromatic N) is 1. The highest BCUT2D eigenvalue weighted by Gasteiger charge is 2.03. The predicted octanol–water partition coefficient (Wildman–Crippen LogP) is 3.07. The number of nitrogens with one attached hydrogen (secondary N) is 1. The van der Waals surface area contributed by atoms with Crippen molar-refractivity contribution in [3.8, 4) is 5.75 Å². The van der Waals surface area contributed by atoms with E-state index in [-0.39, 0.29) is 0 Å². The minimum absolute atomic E-state index is 0.730. The van der Waals surface area contributed by atoms with E-state index in [4.69, 9.17) is 4.74 Å². The minimum atomic E-state index is 0.730. The Hall–Kier alpha value is -1.32. The van der Waals surface area contributed by atoms with Gasteiger partial charge in [0.25, 0.3) is 0 Å². The van der Waals surface area contributed by atoms with Crippen LogP contribution in [0.3, 0.4) is 0 Å². The average molecular weight is 276 g/mol. The van der Waals surface area contributed by atoms with E-state index in [0.717, 1.165) is 51.4 Å². The van der Waals surface area contributed by atoms with Crippen LogP contribution in [0.4, 0.5) is 0 Å². The van der Waals surface area contributed by atoms with Gasteiger partial charge in [-0.2, -0.15) is 0 Å². The van der Waals surface area contributed by atoms with Crippen molar-refractivity contribution in [2.24, 2.45) is 0 Å². The fourth-order valence-corrected chi connectivity index (χ4v) is 1.98. The third kappa shape index (κ3) is 6.73. The van der Waals surface area contributed by atoms with Crippen molar-refractivity contribution in [2.75, 3.05) is 33.3 Å². The first-order valence-electron chi connectivity index (χ1n) is 7.48. The number of hydrogen-bond acceptors (Lipinski definition) is 3. The van der Waals surface area contributed by atoms with Crippen LogP contribution in [-0.2, 0) is 6.54 Å². The molecule has 0 aliphatic carbocycles. The maximum Gasteiger partial charge on any atom is 0.123 e. The van der Waals surface area contributed by atoms with Gasteiger partial charge in [0.15, 0.2) is 0 Å².